The molecule has 1 heterocycles. The van der Waals surface area contributed by atoms with Gasteiger partial charge in [-0.3, -0.25) is 0 Å². The van der Waals surface area contributed by atoms with E-state index in [9.17, 15) is 0 Å². The van der Waals surface area contributed by atoms with E-state index in [4.69, 9.17) is 16.3 Å². The van der Waals surface area contributed by atoms with Gasteiger partial charge in [0.2, 0.25) is 5.88 Å². The van der Waals surface area contributed by atoms with Crippen LogP contribution in [-0.2, 0) is 0 Å². The van der Waals surface area contributed by atoms with E-state index < -0.39 is 0 Å². The van der Waals surface area contributed by atoms with Gasteiger partial charge in [0.25, 0.3) is 0 Å². The first kappa shape index (κ1) is 9.93. The van der Waals surface area contributed by atoms with Crippen LogP contribution in [0.5, 0.6) is 5.88 Å². The smallest absolute Gasteiger partial charge is 0.225 e. The second-order valence-electron chi connectivity index (χ2n) is 2.91. The van der Waals surface area contributed by atoms with E-state index in [1.165, 1.54) is 6.33 Å². The van der Waals surface area contributed by atoms with Gasteiger partial charge in [0, 0.05) is 0 Å². The number of ether oxygens (including phenoxy) is 1. The summed E-state index contributed by atoms with van der Waals surface area (Å²) in [5, 5.41) is 0.396. The van der Waals surface area contributed by atoms with Gasteiger partial charge in [-0.15, -0.1) is 0 Å². The van der Waals surface area contributed by atoms with Gasteiger partial charge in [-0.1, -0.05) is 41.9 Å². The summed E-state index contributed by atoms with van der Waals surface area (Å²) in [6.45, 7) is 0. The fourth-order valence-electron chi connectivity index (χ4n) is 1.35. The first-order valence-electron chi connectivity index (χ1n) is 4.43. The molecule has 0 amide bonds. The zero-order valence-corrected chi connectivity index (χ0v) is 8.90. The second-order valence-corrected chi connectivity index (χ2v) is 3.27. The number of nitrogens with zero attached hydrogens (tertiary/aromatic N) is 2. The third-order valence-corrected chi connectivity index (χ3v) is 2.31. The fraction of sp³-hybridized carbons (Fsp3) is 0.0909. The van der Waals surface area contributed by atoms with Crippen molar-refractivity contribution in [2.45, 2.75) is 0 Å². The highest BCUT2D eigenvalue weighted by Crippen LogP contribution is 2.32. The second kappa shape index (κ2) is 4.28. The Morgan fingerprint density at radius 1 is 1.13 bits per heavy atom. The molecule has 15 heavy (non-hydrogen) atoms. The van der Waals surface area contributed by atoms with Crippen molar-refractivity contribution in [2.24, 2.45) is 0 Å². The van der Waals surface area contributed by atoms with E-state index in [1.807, 2.05) is 30.3 Å². The third-order valence-electron chi connectivity index (χ3n) is 2.02. The van der Waals surface area contributed by atoms with E-state index in [0.29, 0.717) is 11.0 Å². The number of rotatable bonds is 2. The molecular formula is C11H9ClN2O. The van der Waals surface area contributed by atoms with Gasteiger partial charge in [0.15, 0.2) is 0 Å². The van der Waals surface area contributed by atoms with E-state index in [2.05, 4.69) is 9.97 Å². The average molecular weight is 221 g/mol. The van der Waals surface area contributed by atoms with E-state index in [1.54, 1.807) is 7.11 Å². The minimum atomic E-state index is 0.396. The van der Waals surface area contributed by atoms with E-state index in [0.717, 1.165) is 11.1 Å². The Labute approximate surface area is 92.7 Å². The molecule has 3 nitrogen and oxygen atoms in total. The normalized spacial score (nSPS) is 10.0. The number of benzene rings is 1. The molecule has 1 aromatic heterocycles. The van der Waals surface area contributed by atoms with Crippen molar-refractivity contribution < 1.29 is 4.74 Å². The first-order valence-corrected chi connectivity index (χ1v) is 4.80. The molecule has 0 N–H and O–H groups in total. The highest BCUT2D eigenvalue weighted by atomic mass is 35.5. The summed E-state index contributed by atoms with van der Waals surface area (Å²) in [6, 6.07) is 9.67. The van der Waals surface area contributed by atoms with Crippen molar-refractivity contribution in [3.05, 3.63) is 41.8 Å². The van der Waals surface area contributed by atoms with Gasteiger partial charge in [-0.2, -0.15) is 0 Å². The predicted molar refractivity (Wildman–Crippen MR) is 59.0 cm³/mol. The molecule has 0 bridgehead atoms. The lowest BCUT2D eigenvalue weighted by molar-refractivity contribution is 0.398. The highest BCUT2D eigenvalue weighted by Gasteiger charge is 2.11. The Morgan fingerprint density at radius 2 is 1.87 bits per heavy atom. The van der Waals surface area contributed by atoms with Crippen LogP contribution in [0, 0.1) is 0 Å². The number of aromatic nitrogens is 2. The molecule has 2 rings (SSSR count). The molecule has 0 aliphatic rings. The average Bonchev–Trinajstić information content (AvgIpc) is 2.29. The van der Waals surface area contributed by atoms with Crippen LogP contribution >= 0.6 is 11.6 Å². The molecule has 0 radical (unpaired) electrons. The molecule has 0 aliphatic heterocycles. The Balaban J connectivity index is 2.61. The Bertz CT molecular complexity index is 459. The van der Waals surface area contributed by atoms with Crippen LogP contribution in [0.3, 0.4) is 0 Å². The maximum absolute atomic E-state index is 6.01. The standard InChI is InChI=1S/C11H9ClN2O/c1-15-11-9(10(12)13-7-14-11)8-5-3-2-4-6-8/h2-7H,1H3. The Kier molecular flexibility index (Phi) is 2.83. The molecule has 0 unspecified atom stereocenters. The zero-order chi connectivity index (χ0) is 10.7. The van der Waals surface area contributed by atoms with Crippen LogP contribution in [0.1, 0.15) is 0 Å². The van der Waals surface area contributed by atoms with Gasteiger partial charge >= 0.3 is 0 Å². The van der Waals surface area contributed by atoms with Crippen molar-refractivity contribution >= 4 is 11.6 Å². The lowest BCUT2D eigenvalue weighted by Crippen LogP contribution is -1.94. The number of halogens is 1. The first-order chi connectivity index (χ1) is 7.33. The highest BCUT2D eigenvalue weighted by molar-refractivity contribution is 6.32. The SMILES string of the molecule is COc1ncnc(Cl)c1-c1ccccc1. The molecule has 0 atom stereocenters. The van der Waals surface area contributed by atoms with Crippen LogP contribution in [0.4, 0.5) is 0 Å². The number of methoxy groups -OCH3 is 1. The summed E-state index contributed by atoms with van der Waals surface area (Å²) < 4.78 is 5.15. The zero-order valence-electron chi connectivity index (χ0n) is 8.14. The predicted octanol–water partition coefficient (Wildman–Crippen LogP) is 2.81. The lowest BCUT2D eigenvalue weighted by atomic mass is 10.1. The van der Waals surface area contributed by atoms with Crippen LogP contribution in [-0.4, -0.2) is 17.1 Å². The minimum absolute atomic E-state index is 0.396. The molecule has 2 aromatic rings. The van der Waals surface area contributed by atoms with Crippen LogP contribution in [0.2, 0.25) is 5.15 Å². The molecule has 0 spiro atoms. The van der Waals surface area contributed by atoms with Crippen LogP contribution < -0.4 is 4.74 Å². The molecule has 1 aromatic carbocycles. The summed E-state index contributed by atoms with van der Waals surface area (Å²) in [4.78, 5) is 7.96. The van der Waals surface area contributed by atoms with Crippen LogP contribution in [0.15, 0.2) is 36.7 Å². The van der Waals surface area contributed by atoms with Gasteiger partial charge in [-0.25, -0.2) is 9.97 Å². The minimum Gasteiger partial charge on any atom is -0.480 e. The molecular weight excluding hydrogens is 212 g/mol. The van der Waals surface area contributed by atoms with Crippen molar-refractivity contribution in [1.29, 1.82) is 0 Å². The molecule has 76 valence electrons. The molecule has 0 aliphatic carbocycles. The van der Waals surface area contributed by atoms with Crippen LogP contribution in [0.25, 0.3) is 11.1 Å². The molecule has 0 saturated heterocycles. The Morgan fingerprint density at radius 3 is 2.53 bits per heavy atom. The van der Waals surface area contributed by atoms with Gasteiger partial charge in [0.05, 0.1) is 12.7 Å². The third kappa shape index (κ3) is 1.92. The summed E-state index contributed by atoms with van der Waals surface area (Å²) in [5.74, 6) is 0.487. The molecule has 0 fully saturated rings. The maximum Gasteiger partial charge on any atom is 0.225 e. The molecule has 0 saturated carbocycles. The van der Waals surface area contributed by atoms with Crippen molar-refractivity contribution in [2.75, 3.05) is 7.11 Å². The van der Waals surface area contributed by atoms with E-state index >= 15 is 0 Å². The van der Waals surface area contributed by atoms with Gasteiger partial charge in [0.1, 0.15) is 11.5 Å². The summed E-state index contributed by atoms with van der Waals surface area (Å²) in [5.41, 5.74) is 1.67. The largest absolute Gasteiger partial charge is 0.480 e. The van der Waals surface area contributed by atoms with E-state index in [-0.39, 0.29) is 0 Å². The number of hydrogen-bond donors (Lipinski definition) is 0. The fourth-order valence-corrected chi connectivity index (χ4v) is 1.59. The van der Waals surface area contributed by atoms with Gasteiger partial charge < -0.3 is 4.74 Å². The quantitative estimate of drug-likeness (QED) is 0.730. The van der Waals surface area contributed by atoms with Crippen molar-refractivity contribution in [3.63, 3.8) is 0 Å². The summed E-state index contributed by atoms with van der Waals surface area (Å²) in [7, 11) is 1.56. The van der Waals surface area contributed by atoms with Crippen molar-refractivity contribution in [1.82, 2.24) is 9.97 Å². The summed E-state index contributed by atoms with van der Waals surface area (Å²) in [6.07, 6.45) is 1.38. The lowest BCUT2D eigenvalue weighted by Gasteiger charge is -2.07. The molecule has 4 heteroatoms. The summed E-state index contributed by atoms with van der Waals surface area (Å²) >= 11 is 6.01. The maximum atomic E-state index is 6.01. The number of hydrogen-bond acceptors (Lipinski definition) is 3. The topological polar surface area (TPSA) is 35.0 Å². The van der Waals surface area contributed by atoms with Crippen molar-refractivity contribution in [3.8, 4) is 17.0 Å². The monoisotopic (exact) mass is 220 g/mol. The van der Waals surface area contributed by atoms with Gasteiger partial charge in [-0.05, 0) is 5.56 Å². The Hall–Kier alpha value is -1.61.